The Balaban J connectivity index is 0.000000179. The van der Waals surface area contributed by atoms with Gasteiger partial charge < -0.3 is 0 Å². The first-order valence-electron chi connectivity index (χ1n) is 14.3. The molecule has 2 nitrogen and oxygen atoms in total. The van der Waals surface area contributed by atoms with Crippen molar-refractivity contribution in [2.24, 2.45) is 16.1 Å². The lowest BCUT2D eigenvalue weighted by Gasteiger charge is -2.18. The lowest BCUT2D eigenvalue weighted by molar-refractivity contribution is 0.349. The first-order valence-corrected chi connectivity index (χ1v) is 14.3. The van der Waals surface area contributed by atoms with Gasteiger partial charge in [-0.2, -0.15) is 10.2 Å². The molecule has 2 heteroatoms. The predicted molar refractivity (Wildman–Crippen MR) is 161 cm³/mol. The van der Waals surface area contributed by atoms with E-state index in [2.05, 4.69) is 105 Å². The fraction of sp³-hybridized carbons (Fsp3) is 0.471. The molecule has 0 spiro atoms. The van der Waals surface area contributed by atoms with Crippen molar-refractivity contribution in [1.82, 2.24) is 0 Å². The molecule has 5 rings (SSSR count). The zero-order valence-electron chi connectivity index (χ0n) is 23.3. The van der Waals surface area contributed by atoms with Gasteiger partial charge in [-0.25, -0.2) is 0 Å². The predicted octanol–water partition coefficient (Wildman–Crippen LogP) is 10.4. The average Bonchev–Trinajstić information content (AvgIpc) is 3.70. The second-order valence-corrected chi connectivity index (χ2v) is 9.66. The van der Waals surface area contributed by atoms with Crippen molar-refractivity contribution < 1.29 is 0 Å². The van der Waals surface area contributed by atoms with E-state index in [4.69, 9.17) is 0 Å². The van der Waals surface area contributed by atoms with Gasteiger partial charge in [-0.05, 0) is 48.3 Å². The summed E-state index contributed by atoms with van der Waals surface area (Å²) in [5, 5.41) is 7.54. The van der Waals surface area contributed by atoms with E-state index < -0.39 is 0 Å². The Morgan fingerprint density at radius 3 is 1.83 bits per heavy atom. The number of hydrogen-bond donors (Lipinski definition) is 0. The first kappa shape index (κ1) is 29.5. The molecule has 2 aromatic carbocycles. The minimum atomic E-state index is 0.969. The third-order valence-corrected chi connectivity index (χ3v) is 7.09. The maximum Gasteiger partial charge on any atom is 0.0456 e. The lowest BCUT2D eigenvalue weighted by atomic mass is 9.88. The van der Waals surface area contributed by atoms with Gasteiger partial charge in [0, 0.05) is 18.3 Å². The Morgan fingerprint density at radius 2 is 1.42 bits per heavy atom. The summed E-state index contributed by atoms with van der Waals surface area (Å²) in [7, 11) is 0. The summed E-state index contributed by atoms with van der Waals surface area (Å²) in [5.74, 6) is 1.09. The monoisotopic (exact) mass is 484 g/mol. The van der Waals surface area contributed by atoms with Gasteiger partial charge in [0.25, 0.3) is 0 Å². The number of allylic oxidation sites excluding steroid dienone is 4. The third-order valence-electron chi connectivity index (χ3n) is 7.09. The Bertz CT molecular complexity index is 912. The van der Waals surface area contributed by atoms with Crippen LogP contribution in [0, 0.1) is 5.92 Å². The minimum absolute atomic E-state index is 0.969. The first-order chi connectivity index (χ1) is 17.7. The molecule has 0 atom stereocenters. The van der Waals surface area contributed by atoms with Crippen LogP contribution in [0.15, 0.2) is 88.6 Å². The average molecular weight is 485 g/mol. The van der Waals surface area contributed by atoms with Crippen LogP contribution in [0.2, 0.25) is 0 Å². The van der Waals surface area contributed by atoms with Crippen molar-refractivity contribution in [3.8, 4) is 11.1 Å². The number of hydrogen-bond acceptors (Lipinski definition) is 2. The van der Waals surface area contributed by atoms with E-state index in [9.17, 15) is 0 Å². The lowest BCUT2D eigenvalue weighted by Crippen LogP contribution is -2.03. The standard InChI is InChI=1S/C14H14.C8H16.C7H10.C5H8N2/c1-2-12-8-10-14(11-9-12)13-6-4-3-5-7-13;1-2-8-6-4-3-5-7-8;1-2-7-5-3-4-6-7;1-2-5-3-4-6-7-5/h3-11H,2H2,1H3;8H,2-7H2,1H3;3-5H,2,6H2,1H3;4H,2-3H2,1H3. The molecule has 194 valence electrons. The van der Waals surface area contributed by atoms with Gasteiger partial charge in [0.1, 0.15) is 0 Å². The van der Waals surface area contributed by atoms with Crippen molar-refractivity contribution in [2.75, 3.05) is 0 Å². The van der Waals surface area contributed by atoms with E-state index in [1.54, 1.807) is 5.57 Å². The molecule has 0 amide bonds. The summed E-state index contributed by atoms with van der Waals surface area (Å²) in [4.78, 5) is 0. The second kappa shape index (κ2) is 18.5. The van der Waals surface area contributed by atoms with Gasteiger partial charge in [0.15, 0.2) is 0 Å². The third kappa shape index (κ3) is 11.8. The van der Waals surface area contributed by atoms with Gasteiger partial charge >= 0.3 is 0 Å². The van der Waals surface area contributed by atoms with Crippen LogP contribution < -0.4 is 0 Å². The zero-order valence-corrected chi connectivity index (χ0v) is 23.3. The molecule has 0 saturated heterocycles. The van der Waals surface area contributed by atoms with Crippen molar-refractivity contribution in [3.05, 3.63) is 84.0 Å². The van der Waals surface area contributed by atoms with Crippen molar-refractivity contribution in [3.63, 3.8) is 0 Å². The van der Waals surface area contributed by atoms with Crippen LogP contribution in [-0.2, 0) is 6.42 Å². The van der Waals surface area contributed by atoms with Crippen molar-refractivity contribution in [1.29, 1.82) is 0 Å². The highest BCUT2D eigenvalue weighted by molar-refractivity contribution is 5.97. The van der Waals surface area contributed by atoms with E-state index in [0.29, 0.717) is 0 Å². The summed E-state index contributed by atoms with van der Waals surface area (Å²) >= 11 is 0. The molecule has 0 N–H and O–H groups in total. The molecule has 36 heavy (non-hydrogen) atoms. The van der Waals surface area contributed by atoms with Gasteiger partial charge in [-0.3, -0.25) is 0 Å². The van der Waals surface area contributed by atoms with E-state index in [0.717, 1.165) is 25.2 Å². The number of aryl methyl sites for hydroxylation is 1. The van der Waals surface area contributed by atoms with Crippen LogP contribution in [0.25, 0.3) is 11.1 Å². The number of benzene rings is 2. The molecule has 2 aliphatic carbocycles. The molecule has 1 saturated carbocycles. The molecule has 1 fully saturated rings. The fourth-order valence-corrected chi connectivity index (χ4v) is 4.44. The highest BCUT2D eigenvalue weighted by Gasteiger charge is 2.09. The van der Waals surface area contributed by atoms with E-state index in [1.165, 1.54) is 73.8 Å². The van der Waals surface area contributed by atoms with Gasteiger partial charge in [0.05, 0.1) is 0 Å². The smallest absolute Gasteiger partial charge is 0.0456 e. The molecule has 2 aromatic rings. The number of nitrogens with zero attached hydrogens (tertiary/aromatic N) is 2. The topological polar surface area (TPSA) is 24.7 Å². The molecule has 0 aromatic heterocycles. The minimum Gasteiger partial charge on any atom is -0.163 e. The Hall–Kier alpha value is -2.74. The second-order valence-electron chi connectivity index (χ2n) is 9.66. The normalized spacial score (nSPS) is 16.0. The summed E-state index contributed by atoms with van der Waals surface area (Å²) in [6.07, 6.45) is 22.8. The maximum atomic E-state index is 3.84. The van der Waals surface area contributed by atoms with Crippen LogP contribution in [0.4, 0.5) is 0 Å². The van der Waals surface area contributed by atoms with E-state index >= 15 is 0 Å². The van der Waals surface area contributed by atoms with E-state index in [1.807, 2.05) is 12.3 Å². The molecule has 3 aliphatic rings. The highest BCUT2D eigenvalue weighted by atomic mass is 15.2. The summed E-state index contributed by atoms with van der Waals surface area (Å²) in [6.45, 7) is 8.78. The van der Waals surface area contributed by atoms with Crippen LogP contribution >= 0.6 is 0 Å². The molecule has 1 aliphatic heterocycles. The van der Waals surface area contributed by atoms with Crippen molar-refractivity contribution in [2.45, 2.75) is 98.3 Å². The molecular formula is C34H48N2. The number of rotatable bonds is 5. The molecular weight excluding hydrogens is 436 g/mol. The molecule has 1 heterocycles. The van der Waals surface area contributed by atoms with Crippen molar-refractivity contribution >= 4 is 11.9 Å². The van der Waals surface area contributed by atoms with Crippen LogP contribution in [0.3, 0.4) is 0 Å². The van der Waals surface area contributed by atoms with Crippen LogP contribution in [-0.4, -0.2) is 11.9 Å². The Morgan fingerprint density at radius 1 is 0.722 bits per heavy atom. The quantitative estimate of drug-likeness (QED) is 0.403. The zero-order chi connectivity index (χ0) is 25.8. The highest BCUT2D eigenvalue weighted by Crippen LogP contribution is 2.25. The van der Waals surface area contributed by atoms with Crippen LogP contribution in [0.5, 0.6) is 0 Å². The van der Waals surface area contributed by atoms with Gasteiger partial charge in [0.2, 0.25) is 0 Å². The Labute approximate surface area is 221 Å². The Kier molecular flexibility index (Phi) is 15.2. The summed E-state index contributed by atoms with van der Waals surface area (Å²) < 4.78 is 0. The molecule has 0 radical (unpaired) electrons. The maximum absolute atomic E-state index is 3.84. The van der Waals surface area contributed by atoms with Gasteiger partial charge in [-0.1, -0.05) is 145 Å². The van der Waals surface area contributed by atoms with Crippen LogP contribution in [0.1, 0.15) is 97.5 Å². The molecule has 0 bridgehead atoms. The largest absolute Gasteiger partial charge is 0.163 e. The summed E-state index contributed by atoms with van der Waals surface area (Å²) in [6, 6.07) is 19.2. The van der Waals surface area contributed by atoms with E-state index in [-0.39, 0.29) is 0 Å². The van der Waals surface area contributed by atoms with Gasteiger partial charge in [-0.15, -0.1) is 0 Å². The molecule has 0 unspecified atom stereocenters. The SMILES string of the molecule is CCC1=CC=CC1.CCC1=NN=CC1.CCC1CCCCC1.CCc1ccc(-c2ccccc2)cc1. The summed E-state index contributed by atoms with van der Waals surface area (Å²) in [5.41, 5.74) is 6.72. The fourth-order valence-electron chi connectivity index (χ4n) is 4.44.